The number of benzene rings is 1. The lowest BCUT2D eigenvalue weighted by Gasteiger charge is -2.16. The van der Waals surface area contributed by atoms with Crippen molar-refractivity contribution in [3.63, 3.8) is 0 Å². The molecule has 3 aromatic rings. The van der Waals surface area contributed by atoms with Crippen LogP contribution in [0.15, 0.2) is 53.6 Å². The van der Waals surface area contributed by atoms with Crippen LogP contribution >= 0.6 is 11.6 Å². The van der Waals surface area contributed by atoms with Gasteiger partial charge in [-0.1, -0.05) is 29.8 Å². The fraction of sp³-hybridized carbons (Fsp3) is 0.111. The molecular weight excluding hydrogens is 429 g/mol. The number of nitrogens with two attached hydrogens (primary N) is 1. The van der Waals surface area contributed by atoms with E-state index in [2.05, 4.69) is 14.7 Å². The van der Waals surface area contributed by atoms with E-state index in [0.29, 0.717) is 0 Å². The molecule has 0 amide bonds. The average molecular weight is 443 g/mol. The second kappa shape index (κ2) is 7.53. The van der Waals surface area contributed by atoms with Crippen molar-refractivity contribution in [3.8, 4) is 11.3 Å². The minimum absolute atomic E-state index is 0.00708. The summed E-state index contributed by atoms with van der Waals surface area (Å²) in [4.78, 5) is 7.75. The SMILES string of the molecule is Cc1cccc(C(F)(F)F)c1-c1nc(NS(=O)(=O)c2cccc(N)n2)ccc1Cl. The predicted octanol–water partition coefficient (Wildman–Crippen LogP) is 4.51. The number of aromatic nitrogens is 2. The van der Waals surface area contributed by atoms with Crippen molar-refractivity contribution < 1.29 is 21.6 Å². The molecule has 11 heteroatoms. The van der Waals surface area contributed by atoms with Gasteiger partial charge in [0.2, 0.25) is 0 Å². The summed E-state index contributed by atoms with van der Waals surface area (Å²) < 4.78 is 67.6. The van der Waals surface area contributed by atoms with E-state index in [0.717, 1.165) is 6.07 Å². The Morgan fingerprint density at radius 3 is 2.38 bits per heavy atom. The lowest BCUT2D eigenvalue weighted by Crippen LogP contribution is -2.16. The van der Waals surface area contributed by atoms with Crippen LogP contribution in [0.1, 0.15) is 11.1 Å². The molecule has 0 fully saturated rings. The monoisotopic (exact) mass is 442 g/mol. The van der Waals surface area contributed by atoms with Crippen molar-refractivity contribution in [1.82, 2.24) is 9.97 Å². The normalized spacial score (nSPS) is 12.0. The van der Waals surface area contributed by atoms with Crippen LogP contribution in [-0.2, 0) is 16.2 Å². The number of nitrogens with one attached hydrogen (secondary N) is 1. The third-order valence-corrected chi connectivity index (χ3v) is 5.48. The van der Waals surface area contributed by atoms with Crippen molar-refractivity contribution in [1.29, 1.82) is 0 Å². The van der Waals surface area contributed by atoms with E-state index in [1.807, 2.05) is 0 Å². The number of hydrogen-bond donors (Lipinski definition) is 2. The number of anilines is 2. The standard InChI is InChI=1S/C18H14ClF3N4O2S/c1-10-4-2-5-11(18(20,21)22)16(10)17-12(19)8-9-14(25-17)26-29(27,28)15-7-3-6-13(23)24-15/h2-9H,1H3,(H2,23,24)(H,25,26). The molecule has 3 rings (SSSR count). The van der Waals surface area contributed by atoms with Crippen LogP contribution in [0.5, 0.6) is 0 Å². The number of halogens is 4. The molecule has 3 N–H and O–H groups in total. The first kappa shape index (κ1) is 20.9. The minimum Gasteiger partial charge on any atom is -0.384 e. The quantitative estimate of drug-likeness (QED) is 0.619. The summed E-state index contributed by atoms with van der Waals surface area (Å²) in [5, 5.41) is -0.419. The first-order valence-electron chi connectivity index (χ1n) is 8.08. The Morgan fingerprint density at radius 1 is 1.03 bits per heavy atom. The van der Waals surface area contributed by atoms with E-state index < -0.39 is 21.8 Å². The summed E-state index contributed by atoms with van der Waals surface area (Å²) in [5.74, 6) is -0.225. The van der Waals surface area contributed by atoms with Crippen molar-refractivity contribution >= 4 is 33.3 Å². The highest BCUT2D eigenvalue weighted by molar-refractivity contribution is 7.92. The van der Waals surface area contributed by atoms with Crippen LogP contribution in [-0.4, -0.2) is 18.4 Å². The number of pyridine rings is 2. The maximum Gasteiger partial charge on any atom is 0.417 e. The number of nitrogen functional groups attached to an aromatic ring is 1. The number of alkyl halides is 3. The van der Waals surface area contributed by atoms with Gasteiger partial charge in [0, 0.05) is 5.56 Å². The maximum absolute atomic E-state index is 13.5. The molecule has 0 aliphatic rings. The molecule has 29 heavy (non-hydrogen) atoms. The van der Waals surface area contributed by atoms with E-state index in [1.165, 1.54) is 49.4 Å². The van der Waals surface area contributed by atoms with Gasteiger partial charge in [-0.25, -0.2) is 9.97 Å². The molecule has 0 aliphatic heterocycles. The third kappa shape index (κ3) is 4.43. The van der Waals surface area contributed by atoms with E-state index in [-0.39, 0.29) is 38.5 Å². The molecule has 0 atom stereocenters. The van der Waals surface area contributed by atoms with Gasteiger partial charge < -0.3 is 5.73 Å². The Kier molecular flexibility index (Phi) is 5.42. The van der Waals surface area contributed by atoms with Gasteiger partial charge in [0.1, 0.15) is 11.6 Å². The highest BCUT2D eigenvalue weighted by atomic mass is 35.5. The van der Waals surface area contributed by atoms with Crippen LogP contribution in [0, 0.1) is 6.92 Å². The van der Waals surface area contributed by atoms with Crippen molar-refractivity contribution in [2.45, 2.75) is 18.1 Å². The lowest BCUT2D eigenvalue weighted by atomic mass is 9.98. The van der Waals surface area contributed by atoms with Gasteiger partial charge in [0.25, 0.3) is 10.0 Å². The molecule has 0 unspecified atom stereocenters. The van der Waals surface area contributed by atoms with Crippen LogP contribution in [0.25, 0.3) is 11.3 Å². The molecule has 0 saturated carbocycles. The molecule has 1 aromatic carbocycles. The Balaban J connectivity index is 2.10. The van der Waals surface area contributed by atoms with Crippen LogP contribution in [0.3, 0.4) is 0 Å². The molecule has 0 spiro atoms. The zero-order chi connectivity index (χ0) is 21.4. The zero-order valence-corrected chi connectivity index (χ0v) is 16.4. The second-order valence-corrected chi connectivity index (χ2v) is 8.06. The van der Waals surface area contributed by atoms with Gasteiger partial charge in [0.05, 0.1) is 16.3 Å². The zero-order valence-electron chi connectivity index (χ0n) is 14.8. The van der Waals surface area contributed by atoms with Crippen LogP contribution in [0.4, 0.5) is 24.8 Å². The summed E-state index contributed by atoms with van der Waals surface area (Å²) in [7, 11) is -4.17. The van der Waals surface area contributed by atoms with Gasteiger partial charge >= 0.3 is 6.18 Å². The molecular formula is C18H14ClF3N4O2S. The van der Waals surface area contributed by atoms with Gasteiger partial charge in [0.15, 0.2) is 5.03 Å². The number of sulfonamides is 1. The number of hydrogen-bond acceptors (Lipinski definition) is 5. The molecule has 0 aliphatic carbocycles. The first-order valence-corrected chi connectivity index (χ1v) is 9.94. The highest BCUT2D eigenvalue weighted by Gasteiger charge is 2.35. The number of rotatable bonds is 4. The highest BCUT2D eigenvalue weighted by Crippen LogP contribution is 2.40. The maximum atomic E-state index is 13.5. The Morgan fingerprint density at radius 2 is 1.72 bits per heavy atom. The van der Waals surface area contributed by atoms with Crippen molar-refractivity contribution in [2.24, 2.45) is 0 Å². The predicted molar refractivity (Wildman–Crippen MR) is 104 cm³/mol. The molecule has 0 bridgehead atoms. The van der Waals surface area contributed by atoms with Gasteiger partial charge in [-0.05, 0) is 42.8 Å². The lowest BCUT2D eigenvalue weighted by molar-refractivity contribution is -0.137. The Hall–Kier alpha value is -2.85. The topological polar surface area (TPSA) is 98.0 Å². The average Bonchev–Trinajstić information content (AvgIpc) is 2.62. The summed E-state index contributed by atoms with van der Waals surface area (Å²) in [5.41, 5.74) is 4.43. The van der Waals surface area contributed by atoms with Gasteiger partial charge in [-0.2, -0.15) is 21.6 Å². The molecule has 0 saturated heterocycles. The van der Waals surface area contributed by atoms with E-state index in [4.69, 9.17) is 17.3 Å². The van der Waals surface area contributed by atoms with Crippen molar-refractivity contribution in [2.75, 3.05) is 10.5 Å². The smallest absolute Gasteiger partial charge is 0.384 e. The fourth-order valence-corrected chi connectivity index (χ4v) is 3.84. The molecule has 152 valence electrons. The fourth-order valence-electron chi connectivity index (χ4n) is 2.66. The molecule has 6 nitrogen and oxygen atoms in total. The molecule has 2 heterocycles. The third-order valence-electron chi connectivity index (χ3n) is 3.92. The van der Waals surface area contributed by atoms with Crippen LogP contribution in [0.2, 0.25) is 5.02 Å². The van der Waals surface area contributed by atoms with Crippen LogP contribution < -0.4 is 10.5 Å². The molecule has 0 radical (unpaired) electrons. The Bertz CT molecular complexity index is 1180. The summed E-state index contributed by atoms with van der Waals surface area (Å²) in [6.07, 6.45) is -4.65. The van der Waals surface area contributed by atoms with E-state index in [9.17, 15) is 21.6 Å². The summed E-state index contributed by atoms with van der Waals surface area (Å²) in [6, 6.07) is 10.2. The summed E-state index contributed by atoms with van der Waals surface area (Å²) in [6.45, 7) is 1.48. The van der Waals surface area contributed by atoms with E-state index >= 15 is 0 Å². The van der Waals surface area contributed by atoms with E-state index in [1.54, 1.807) is 0 Å². The minimum atomic E-state index is -4.65. The molecule has 2 aromatic heterocycles. The first-order chi connectivity index (χ1) is 13.5. The summed E-state index contributed by atoms with van der Waals surface area (Å²) >= 11 is 6.10. The van der Waals surface area contributed by atoms with Gasteiger partial charge in [-0.15, -0.1) is 0 Å². The van der Waals surface area contributed by atoms with Crippen molar-refractivity contribution in [3.05, 3.63) is 64.7 Å². The second-order valence-electron chi connectivity index (χ2n) is 6.03. The largest absolute Gasteiger partial charge is 0.417 e. The number of nitrogens with zero attached hydrogens (tertiary/aromatic N) is 2. The van der Waals surface area contributed by atoms with Gasteiger partial charge in [-0.3, -0.25) is 4.72 Å². The Labute approximate surface area is 169 Å². The number of aryl methyl sites for hydroxylation is 1.